The van der Waals surface area contributed by atoms with E-state index in [1.54, 1.807) is 13.0 Å². The molecule has 134 valence electrons. The van der Waals surface area contributed by atoms with Crippen molar-refractivity contribution in [2.24, 2.45) is 28.8 Å². The minimum absolute atomic E-state index is 0.0739. The van der Waals surface area contributed by atoms with Crippen molar-refractivity contribution in [1.29, 1.82) is 0 Å². The molecule has 1 saturated carbocycles. The number of hydrogen-bond acceptors (Lipinski definition) is 6. The van der Waals surface area contributed by atoms with Crippen LogP contribution < -0.4 is 4.74 Å². The molecule has 2 aliphatic carbocycles. The highest BCUT2D eigenvalue weighted by atomic mass is 16.6. The summed E-state index contributed by atoms with van der Waals surface area (Å²) in [6, 6.07) is 4.44. The first-order valence-corrected chi connectivity index (χ1v) is 8.53. The van der Waals surface area contributed by atoms with Crippen LogP contribution in [0.15, 0.2) is 35.5 Å². The number of benzene rings is 1. The van der Waals surface area contributed by atoms with E-state index in [4.69, 9.17) is 4.74 Å². The van der Waals surface area contributed by atoms with Crippen LogP contribution >= 0.6 is 0 Å². The van der Waals surface area contributed by atoms with Gasteiger partial charge in [-0.25, -0.2) is 0 Å². The van der Waals surface area contributed by atoms with E-state index in [-0.39, 0.29) is 53.5 Å². The minimum atomic E-state index is -0.539. The van der Waals surface area contributed by atoms with Gasteiger partial charge in [0.05, 0.1) is 29.6 Å². The molecule has 0 radical (unpaired) electrons. The molecule has 8 nitrogen and oxygen atoms in total. The second-order valence-electron chi connectivity index (χ2n) is 6.62. The molecule has 1 heterocycles. The highest BCUT2D eigenvalue weighted by Crippen LogP contribution is 2.52. The van der Waals surface area contributed by atoms with Crippen LogP contribution in [0.25, 0.3) is 0 Å². The maximum absolute atomic E-state index is 12.6. The lowest BCUT2D eigenvalue weighted by Crippen LogP contribution is -2.28. The van der Waals surface area contributed by atoms with E-state index in [1.807, 2.05) is 12.2 Å². The number of rotatable bonds is 5. The quantitative estimate of drug-likeness (QED) is 0.265. The van der Waals surface area contributed by atoms with Crippen molar-refractivity contribution >= 4 is 23.7 Å². The Balaban J connectivity index is 1.63. The molecule has 8 heteroatoms. The topological polar surface area (TPSA) is 102 Å². The van der Waals surface area contributed by atoms with Crippen molar-refractivity contribution in [2.75, 3.05) is 6.61 Å². The Labute approximate surface area is 149 Å². The van der Waals surface area contributed by atoms with Crippen molar-refractivity contribution in [3.63, 3.8) is 0 Å². The molecule has 0 N–H and O–H groups in total. The predicted molar refractivity (Wildman–Crippen MR) is 91.4 cm³/mol. The predicted octanol–water partition coefficient (Wildman–Crippen LogP) is 2.13. The Morgan fingerprint density at radius 1 is 1.27 bits per heavy atom. The molecule has 2 amide bonds. The minimum Gasteiger partial charge on any atom is -0.487 e. The molecule has 1 aromatic rings. The van der Waals surface area contributed by atoms with Gasteiger partial charge in [-0.1, -0.05) is 18.2 Å². The van der Waals surface area contributed by atoms with Crippen molar-refractivity contribution in [3.05, 3.63) is 46.0 Å². The van der Waals surface area contributed by atoms with E-state index in [0.29, 0.717) is 5.56 Å². The average molecular weight is 355 g/mol. The van der Waals surface area contributed by atoms with Crippen LogP contribution in [0.5, 0.6) is 5.75 Å². The Kier molecular flexibility index (Phi) is 3.82. The average Bonchev–Trinajstić information content (AvgIpc) is 3.29. The number of imide groups is 1. The SMILES string of the molecule is CCOc1c(C=NN2C(=O)C3C4C=CC(C4)C3C2=O)cccc1[N+](=O)[O-]. The van der Waals surface area contributed by atoms with Crippen LogP contribution in [-0.4, -0.2) is 34.6 Å². The fraction of sp³-hybridized carbons (Fsp3) is 0.389. The van der Waals surface area contributed by atoms with Gasteiger partial charge in [0.15, 0.2) is 0 Å². The van der Waals surface area contributed by atoms with Crippen LogP contribution in [0.2, 0.25) is 0 Å². The van der Waals surface area contributed by atoms with E-state index in [9.17, 15) is 19.7 Å². The molecule has 0 spiro atoms. The summed E-state index contributed by atoms with van der Waals surface area (Å²) >= 11 is 0. The largest absolute Gasteiger partial charge is 0.487 e. The fourth-order valence-corrected chi connectivity index (χ4v) is 4.21. The maximum atomic E-state index is 12.6. The van der Waals surface area contributed by atoms with Gasteiger partial charge in [0.1, 0.15) is 0 Å². The number of ether oxygens (including phenoxy) is 1. The lowest BCUT2D eigenvalue weighted by atomic mass is 9.85. The highest BCUT2D eigenvalue weighted by Gasteiger charge is 2.59. The molecule has 4 unspecified atom stereocenters. The summed E-state index contributed by atoms with van der Waals surface area (Å²) in [7, 11) is 0. The molecule has 2 fully saturated rings. The van der Waals surface area contributed by atoms with Crippen LogP contribution in [0, 0.1) is 33.8 Å². The van der Waals surface area contributed by atoms with Crippen LogP contribution in [0.3, 0.4) is 0 Å². The normalized spacial score (nSPS) is 29.0. The number of fused-ring (bicyclic) bond motifs is 5. The summed E-state index contributed by atoms with van der Waals surface area (Å²) in [5.41, 5.74) is 0.161. The molecular weight excluding hydrogens is 338 g/mol. The lowest BCUT2D eigenvalue weighted by Gasteiger charge is -2.13. The molecule has 4 atom stereocenters. The van der Waals surface area contributed by atoms with Crippen molar-refractivity contribution in [1.82, 2.24) is 5.01 Å². The summed E-state index contributed by atoms with van der Waals surface area (Å²) in [5, 5.41) is 16.2. The first kappa shape index (κ1) is 16.4. The Bertz CT molecular complexity index is 832. The van der Waals surface area contributed by atoms with Gasteiger partial charge in [0.2, 0.25) is 5.75 Å². The third-order valence-corrected chi connectivity index (χ3v) is 5.27. The lowest BCUT2D eigenvalue weighted by molar-refractivity contribution is -0.385. The van der Waals surface area contributed by atoms with Gasteiger partial charge in [-0.15, -0.1) is 0 Å². The smallest absolute Gasteiger partial charge is 0.311 e. The number of nitrogens with zero attached hydrogens (tertiary/aromatic N) is 3. The summed E-state index contributed by atoms with van der Waals surface area (Å²) in [4.78, 5) is 35.9. The van der Waals surface area contributed by atoms with Crippen LogP contribution in [0.1, 0.15) is 18.9 Å². The van der Waals surface area contributed by atoms with Gasteiger partial charge in [-0.05, 0) is 31.2 Å². The van der Waals surface area contributed by atoms with E-state index in [2.05, 4.69) is 5.10 Å². The maximum Gasteiger partial charge on any atom is 0.311 e. The third-order valence-electron chi connectivity index (χ3n) is 5.27. The molecular formula is C18H17N3O5. The number of carbonyl (C=O) groups excluding carboxylic acids is 2. The van der Waals surface area contributed by atoms with Gasteiger partial charge >= 0.3 is 5.69 Å². The van der Waals surface area contributed by atoms with Crippen molar-refractivity contribution < 1.29 is 19.2 Å². The molecule has 2 bridgehead atoms. The Morgan fingerprint density at radius 2 is 1.92 bits per heavy atom. The van der Waals surface area contributed by atoms with Crippen LogP contribution in [-0.2, 0) is 9.59 Å². The zero-order valence-electron chi connectivity index (χ0n) is 14.1. The molecule has 3 aliphatic rings. The molecule has 1 aliphatic heterocycles. The summed E-state index contributed by atoms with van der Waals surface area (Å²) in [6.07, 6.45) is 6.16. The second-order valence-corrected chi connectivity index (χ2v) is 6.62. The van der Waals surface area contributed by atoms with Gasteiger partial charge < -0.3 is 4.74 Å². The zero-order chi connectivity index (χ0) is 18.4. The number of allylic oxidation sites excluding steroid dienone is 2. The first-order valence-electron chi connectivity index (χ1n) is 8.53. The van der Waals surface area contributed by atoms with Crippen molar-refractivity contribution in [3.8, 4) is 5.75 Å². The summed E-state index contributed by atoms with van der Waals surface area (Å²) in [5.74, 6) is -0.952. The van der Waals surface area contributed by atoms with Gasteiger partial charge in [-0.3, -0.25) is 19.7 Å². The van der Waals surface area contributed by atoms with Gasteiger partial charge in [0, 0.05) is 11.6 Å². The highest BCUT2D eigenvalue weighted by molar-refractivity contribution is 6.07. The fourth-order valence-electron chi connectivity index (χ4n) is 4.21. The monoisotopic (exact) mass is 355 g/mol. The number of para-hydroxylation sites is 1. The van der Waals surface area contributed by atoms with E-state index < -0.39 is 4.92 Å². The second kappa shape index (κ2) is 6.05. The molecule has 26 heavy (non-hydrogen) atoms. The number of nitro benzene ring substituents is 1. The number of hydrazone groups is 1. The van der Waals surface area contributed by atoms with E-state index in [1.165, 1.54) is 18.3 Å². The Morgan fingerprint density at radius 3 is 2.50 bits per heavy atom. The molecule has 4 rings (SSSR count). The third kappa shape index (κ3) is 2.33. The standard InChI is InChI=1S/C18H17N3O5/c1-2-26-16-12(4-3-5-13(16)21(24)25)9-19-20-17(22)14-10-6-7-11(8-10)15(14)18(20)23/h3-7,9-11,14-15H,2,8H2,1H3. The van der Waals surface area contributed by atoms with Crippen molar-refractivity contribution in [2.45, 2.75) is 13.3 Å². The summed E-state index contributed by atoms with van der Waals surface area (Å²) < 4.78 is 5.39. The first-order chi connectivity index (χ1) is 12.5. The molecule has 0 aromatic heterocycles. The van der Waals surface area contributed by atoms with E-state index in [0.717, 1.165) is 11.4 Å². The molecule has 1 aromatic carbocycles. The van der Waals surface area contributed by atoms with Gasteiger partial charge in [0.25, 0.3) is 11.8 Å². The molecule has 1 saturated heterocycles. The van der Waals surface area contributed by atoms with Gasteiger partial charge in [-0.2, -0.15) is 10.1 Å². The number of hydrogen-bond donors (Lipinski definition) is 0. The van der Waals surface area contributed by atoms with Crippen LogP contribution in [0.4, 0.5) is 5.69 Å². The number of carbonyl (C=O) groups is 2. The number of amides is 2. The summed E-state index contributed by atoms with van der Waals surface area (Å²) in [6.45, 7) is 1.96. The Hall–Kier alpha value is -3.03. The van der Waals surface area contributed by atoms with E-state index >= 15 is 0 Å². The zero-order valence-corrected chi connectivity index (χ0v) is 14.1. The number of nitro groups is 1.